The molecule has 0 radical (unpaired) electrons. The van der Waals surface area contributed by atoms with Crippen molar-refractivity contribution in [3.05, 3.63) is 0 Å². The van der Waals surface area contributed by atoms with Gasteiger partial charge >= 0.3 is 0 Å². The van der Waals surface area contributed by atoms with Gasteiger partial charge in [-0.15, -0.1) is 0 Å². The van der Waals surface area contributed by atoms with Crippen LogP contribution in [0.3, 0.4) is 0 Å². The second-order valence-corrected chi connectivity index (χ2v) is 2.35. The van der Waals surface area contributed by atoms with Crippen molar-refractivity contribution in [2.75, 3.05) is 6.61 Å². The van der Waals surface area contributed by atoms with E-state index in [0.717, 1.165) is 6.42 Å². The summed E-state index contributed by atoms with van der Waals surface area (Å²) < 4.78 is 0. The molecule has 0 aliphatic heterocycles. The van der Waals surface area contributed by atoms with Gasteiger partial charge in [0.2, 0.25) is 5.91 Å². The molecule has 0 aromatic rings. The van der Waals surface area contributed by atoms with Crippen LogP contribution in [-0.2, 0) is 4.79 Å². The number of aliphatic hydroxyl groups excluding tert-OH is 2. The van der Waals surface area contributed by atoms with Crippen LogP contribution < -0.4 is 5.32 Å². The Hall–Kier alpha value is -0.610. The molecule has 0 aliphatic rings. The Labute approximate surface area is 66.2 Å². The first-order valence-corrected chi connectivity index (χ1v) is 3.79. The van der Waals surface area contributed by atoms with E-state index in [2.05, 4.69) is 5.32 Å². The zero-order valence-corrected chi connectivity index (χ0v) is 6.71. The predicted molar refractivity (Wildman–Crippen MR) is 40.8 cm³/mol. The number of nitrogens with one attached hydrogen (secondary N) is 1. The van der Waals surface area contributed by atoms with Gasteiger partial charge in [-0.2, -0.15) is 0 Å². The van der Waals surface area contributed by atoms with E-state index in [-0.39, 0.29) is 18.9 Å². The third kappa shape index (κ3) is 5.82. The summed E-state index contributed by atoms with van der Waals surface area (Å²) in [6.45, 7) is 1.77. The molecule has 0 rings (SSSR count). The van der Waals surface area contributed by atoms with Crippen molar-refractivity contribution in [1.29, 1.82) is 0 Å². The van der Waals surface area contributed by atoms with Gasteiger partial charge in [-0.3, -0.25) is 4.79 Å². The van der Waals surface area contributed by atoms with Gasteiger partial charge in [0, 0.05) is 19.4 Å². The minimum Gasteiger partial charge on any atom is -0.396 e. The highest BCUT2D eigenvalue weighted by Crippen LogP contribution is 1.89. The van der Waals surface area contributed by atoms with E-state index in [4.69, 9.17) is 10.2 Å². The molecular weight excluding hydrogens is 146 g/mol. The van der Waals surface area contributed by atoms with Crippen LogP contribution in [0.5, 0.6) is 0 Å². The summed E-state index contributed by atoms with van der Waals surface area (Å²) >= 11 is 0. The Morgan fingerprint density at radius 2 is 2.27 bits per heavy atom. The fourth-order valence-corrected chi connectivity index (χ4v) is 0.680. The SMILES string of the molecule is CCCC(=O)NC(O)CCO. The van der Waals surface area contributed by atoms with Crippen molar-refractivity contribution in [3.8, 4) is 0 Å². The molecule has 1 amide bonds. The number of rotatable bonds is 5. The van der Waals surface area contributed by atoms with Gasteiger partial charge in [0.1, 0.15) is 6.23 Å². The molecule has 1 atom stereocenters. The molecule has 0 aromatic carbocycles. The van der Waals surface area contributed by atoms with Crippen LogP contribution in [0, 0.1) is 0 Å². The standard InChI is InChI=1S/C7H15NO3/c1-2-3-6(10)8-7(11)4-5-9/h7,9,11H,2-5H2,1H3,(H,8,10). The molecule has 0 saturated carbocycles. The second kappa shape index (κ2) is 6.12. The molecule has 0 aromatic heterocycles. The van der Waals surface area contributed by atoms with E-state index >= 15 is 0 Å². The number of hydrogen-bond acceptors (Lipinski definition) is 3. The average Bonchev–Trinajstić information content (AvgIpc) is 1.87. The van der Waals surface area contributed by atoms with Gasteiger partial charge in [0.15, 0.2) is 0 Å². The van der Waals surface area contributed by atoms with Gasteiger partial charge in [-0.25, -0.2) is 0 Å². The first-order valence-electron chi connectivity index (χ1n) is 3.79. The molecule has 4 nitrogen and oxygen atoms in total. The van der Waals surface area contributed by atoms with Gasteiger partial charge in [0.05, 0.1) is 0 Å². The minimum atomic E-state index is -0.904. The predicted octanol–water partition coefficient (Wildman–Crippen LogP) is -0.396. The van der Waals surface area contributed by atoms with Gasteiger partial charge in [-0.1, -0.05) is 6.92 Å². The number of aliphatic hydroxyl groups is 2. The molecule has 0 aliphatic carbocycles. The zero-order chi connectivity index (χ0) is 8.69. The topological polar surface area (TPSA) is 69.6 Å². The van der Waals surface area contributed by atoms with Crippen LogP contribution >= 0.6 is 0 Å². The van der Waals surface area contributed by atoms with Crippen LogP contribution in [-0.4, -0.2) is 29.0 Å². The van der Waals surface area contributed by atoms with E-state index in [0.29, 0.717) is 6.42 Å². The molecule has 0 fully saturated rings. The second-order valence-electron chi connectivity index (χ2n) is 2.35. The van der Waals surface area contributed by atoms with Crippen molar-refractivity contribution in [3.63, 3.8) is 0 Å². The van der Waals surface area contributed by atoms with Crippen molar-refractivity contribution in [2.24, 2.45) is 0 Å². The largest absolute Gasteiger partial charge is 0.396 e. The Balaban J connectivity index is 3.40. The zero-order valence-electron chi connectivity index (χ0n) is 6.71. The summed E-state index contributed by atoms with van der Waals surface area (Å²) in [5.41, 5.74) is 0. The van der Waals surface area contributed by atoms with E-state index in [9.17, 15) is 4.79 Å². The lowest BCUT2D eigenvalue weighted by Gasteiger charge is -2.10. The Bertz CT molecular complexity index is 116. The van der Waals surface area contributed by atoms with Crippen LogP contribution in [0.2, 0.25) is 0 Å². The lowest BCUT2D eigenvalue weighted by atomic mass is 10.3. The molecule has 4 heteroatoms. The fraction of sp³-hybridized carbons (Fsp3) is 0.857. The number of amides is 1. The maximum atomic E-state index is 10.8. The van der Waals surface area contributed by atoms with Gasteiger partial charge in [0.25, 0.3) is 0 Å². The van der Waals surface area contributed by atoms with E-state index in [1.165, 1.54) is 0 Å². The highest BCUT2D eigenvalue weighted by molar-refractivity contribution is 5.75. The Kier molecular flexibility index (Phi) is 5.78. The Morgan fingerprint density at radius 1 is 1.64 bits per heavy atom. The lowest BCUT2D eigenvalue weighted by molar-refractivity contribution is -0.124. The lowest BCUT2D eigenvalue weighted by Crippen LogP contribution is -2.34. The normalized spacial score (nSPS) is 12.6. The molecule has 0 saturated heterocycles. The number of carbonyl (C=O) groups is 1. The monoisotopic (exact) mass is 161 g/mol. The summed E-state index contributed by atoms with van der Waals surface area (Å²) in [6.07, 6.45) is 0.467. The van der Waals surface area contributed by atoms with Gasteiger partial charge in [-0.05, 0) is 6.42 Å². The number of carbonyl (C=O) groups excluding carboxylic acids is 1. The molecule has 0 heterocycles. The van der Waals surface area contributed by atoms with Crippen LogP contribution in [0.25, 0.3) is 0 Å². The minimum absolute atomic E-state index is 0.117. The van der Waals surface area contributed by atoms with Crippen molar-refractivity contribution in [2.45, 2.75) is 32.4 Å². The third-order valence-electron chi connectivity index (χ3n) is 1.21. The third-order valence-corrected chi connectivity index (χ3v) is 1.21. The summed E-state index contributed by atoms with van der Waals surface area (Å²) in [7, 11) is 0. The van der Waals surface area contributed by atoms with Crippen LogP contribution in [0.4, 0.5) is 0 Å². The molecule has 66 valence electrons. The summed E-state index contributed by atoms with van der Waals surface area (Å²) in [5, 5.41) is 19.7. The molecular formula is C7H15NO3. The average molecular weight is 161 g/mol. The highest BCUT2D eigenvalue weighted by Gasteiger charge is 2.05. The quantitative estimate of drug-likeness (QED) is 0.481. The van der Waals surface area contributed by atoms with Crippen LogP contribution in [0.15, 0.2) is 0 Å². The Morgan fingerprint density at radius 3 is 2.73 bits per heavy atom. The van der Waals surface area contributed by atoms with Crippen molar-refractivity contribution >= 4 is 5.91 Å². The smallest absolute Gasteiger partial charge is 0.221 e. The first-order chi connectivity index (χ1) is 5.20. The van der Waals surface area contributed by atoms with Crippen molar-refractivity contribution in [1.82, 2.24) is 5.32 Å². The molecule has 11 heavy (non-hydrogen) atoms. The van der Waals surface area contributed by atoms with Gasteiger partial charge < -0.3 is 15.5 Å². The summed E-state index contributed by atoms with van der Waals surface area (Å²) in [6, 6.07) is 0. The maximum Gasteiger partial charge on any atom is 0.221 e. The maximum absolute atomic E-state index is 10.8. The van der Waals surface area contributed by atoms with Crippen molar-refractivity contribution < 1.29 is 15.0 Å². The first kappa shape index (κ1) is 10.4. The van der Waals surface area contributed by atoms with E-state index in [1.54, 1.807) is 0 Å². The molecule has 1 unspecified atom stereocenters. The molecule has 3 N–H and O–H groups in total. The van der Waals surface area contributed by atoms with E-state index in [1.807, 2.05) is 6.92 Å². The molecule has 0 bridgehead atoms. The van der Waals surface area contributed by atoms with E-state index < -0.39 is 6.23 Å². The number of hydrogen-bond donors (Lipinski definition) is 3. The van der Waals surface area contributed by atoms with Crippen LogP contribution in [0.1, 0.15) is 26.2 Å². The fourth-order valence-electron chi connectivity index (χ4n) is 0.680. The summed E-state index contributed by atoms with van der Waals surface area (Å²) in [4.78, 5) is 10.8. The highest BCUT2D eigenvalue weighted by atomic mass is 16.3. The summed E-state index contributed by atoms with van der Waals surface area (Å²) in [5.74, 6) is -0.173. The molecule has 0 spiro atoms.